The van der Waals surface area contributed by atoms with Gasteiger partial charge in [0, 0.05) is 32.1 Å². The molecule has 1 N–H and O–H groups in total. The van der Waals surface area contributed by atoms with Gasteiger partial charge in [0.2, 0.25) is 0 Å². The van der Waals surface area contributed by atoms with Crippen LogP contribution in [-0.4, -0.2) is 55.7 Å². The fraction of sp³-hybridized carbons (Fsp3) is 0.640. The van der Waals surface area contributed by atoms with Gasteiger partial charge in [-0.25, -0.2) is 0 Å². The third-order valence-electron chi connectivity index (χ3n) is 5.69. The predicted molar refractivity (Wildman–Crippen MR) is 122 cm³/mol. The molecule has 178 valence electrons. The van der Waals surface area contributed by atoms with Crippen molar-refractivity contribution in [1.82, 2.24) is 0 Å². The van der Waals surface area contributed by atoms with Gasteiger partial charge in [-0.3, -0.25) is 14.4 Å². The first-order valence-corrected chi connectivity index (χ1v) is 11.2. The van der Waals surface area contributed by atoms with Crippen molar-refractivity contribution in [2.45, 2.75) is 52.6 Å². The zero-order valence-corrected chi connectivity index (χ0v) is 20.3. The highest BCUT2D eigenvalue weighted by Gasteiger charge is 2.57. The van der Waals surface area contributed by atoms with E-state index < -0.39 is 41.1 Å². The van der Waals surface area contributed by atoms with Gasteiger partial charge in [0.1, 0.15) is 5.92 Å². The number of ether oxygens (including phenoxy) is 2. The summed E-state index contributed by atoms with van der Waals surface area (Å²) >= 11 is 0. The van der Waals surface area contributed by atoms with Crippen molar-refractivity contribution in [3.05, 3.63) is 29.8 Å². The van der Waals surface area contributed by atoms with Gasteiger partial charge < -0.3 is 19.5 Å². The zero-order valence-electron chi connectivity index (χ0n) is 20.3. The Morgan fingerprint density at radius 2 is 1.53 bits per heavy atom. The minimum absolute atomic E-state index is 0.102. The number of aliphatic hydroxyl groups is 1. The number of rotatable bonds is 8. The topological polar surface area (TPSA) is 93.1 Å². The van der Waals surface area contributed by atoms with Crippen LogP contribution in [0.15, 0.2) is 24.3 Å². The zero-order chi connectivity index (χ0) is 24.2. The number of Topliss-reactive ketones (excluding diaryl/α,β-unsaturated/α-hetero) is 1. The van der Waals surface area contributed by atoms with Gasteiger partial charge in [0.25, 0.3) is 0 Å². The van der Waals surface area contributed by atoms with Gasteiger partial charge in [0.15, 0.2) is 5.78 Å². The Morgan fingerprint density at radius 1 is 1.03 bits per heavy atom. The number of nitrogens with zero attached hydrogens (tertiary/aromatic N) is 1. The molecule has 1 fully saturated rings. The summed E-state index contributed by atoms with van der Waals surface area (Å²) in [7, 11) is 3.81. The van der Waals surface area contributed by atoms with E-state index in [4.69, 9.17) is 9.47 Å². The fourth-order valence-electron chi connectivity index (χ4n) is 4.09. The molecule has 1 aliphatic rings. The molecule has 1 aliphatic carbocycles. The summed E-state index contributed by atoms with van der Waals surface area (Å²) < 4.78 is 10.9. The second kappa shape index (κ2) is 10.5. The first kappa shape index (κ1) is 25.8. The Hall–Kier alpha value is -2.41. The van der Waals surface area contributed by atoms with Gasteiger partial charge in [0.05, 0.1) is 24.7 Å². The van der Waals surface area contributed by atoms with Crippen molar-refractivity contribution in [3.63, 3.8) is 0 Å². The number of hydrogen-bond donors (Lipinski definition) is 1. The van der Waals surface area contributed by atoms with Gasteiger partial charge in [-0.1, -0.05) is 39.8 Å². The average molecular weight is 448 g/mol. The molecule has 7 heteroatoms. The summed E-state index contributed by atoms with van der Waals surface area (Å²) in [6.07, 6.45) is -0.317. The molecule has 0 saturated heterocycles. The van der Waals surface area contributed by atoms with Gasteiger partial charge in [-0.2, -0.15) is 0 Å². The summed E-state index contributed by atoms with van der Waals surface area (Å²) in [5.74, 6) is -4.65. The van der Waals surface area contributed by atoms with Crippen LogP contribution in [0.5, 0.6) is 0 Å². The Bertz CT molecular complexity index is 812. The van der Waals surface area contributed by atoms with Gasteiger partial charge in [-0.05, 0) is 36.5 Å². The van der Waals surface area contributed by atoms with Gasteiger partial charge in [-0.15, -0.1) is 0 Å². The largest absolute Gasteiger partial charge is 0.465 e. The van der Waals surface area contributed by atoms with E-state index in [1.54, 1.807) is 12.1 Å². The fourth-order valence-corrected chi connectivity index (χ4v) is 4.09. The third kappa shape index (κ3) is 6.09. The molecular weight excluding hydrogens is 410 g/mol. The lowest BCUT2D eigenvalue weighted by molar-refractivity contribution is -0.173. The molecular formula is C25H37NO6. The van der Waals surface area contributed by atoms with E-state index in [0.29, 0.717) is 5.56 Å². The van der Waals surface area contributed by atoms with E-state index >= 15 is 0 Å². The molecule has 1 aromatic rings. The quantitative estimate of drug-likeness (QED) is 0.483. The molecule has 0 radical (unpaired) electrons. The van der Waals surface area contributed by atoms with Crippen LogP contribution in [-0.2, 0) is 23.9 Å². The summed E-state index contributed by atoms with van der Waals surface area (Å²) in [6, 6.07) is 7.30. The summed E-state index contributed by atoms with van der Waals surface area (Å²) in [5, 5.41) is 11.2. The minimum atomic E-state index is -1.65. The molecule has 0 spiro atoms. The first-order valence-electron chi connectivity index (χ1n) is 11.2. The molecule has 4 atom stereocenters. The lowest BCUT2D eigenvalue weighted by Gasteiger charge is -2.43. The van der Waals surface area contributed by atoms with Crippen molar-refractivity contribution < 1.29 is 29.0 Å². The maximum absolute atomic E-state index is 13.2. The summed E-state index contributed by atoms with van der Waals surface area (Å²) in [5.41, 5.74) is -0.104. The Morgan fingerprint density at radius 3 is 2.00 bits per heavy atom. The van der Waals surface area contributed by atoms with E-state index in [-0.39, 0.29) is 31.5 Å². The standard InChI is InChI=1S/C25H37NO6/c1-15(2)13-31-23(28)21-19(27)12-25(5,30)22(24(29)32-14-16(3)4)20(21)17-8-10-18(11-9-17)26(6)7/h8-11,15-16,20-22,30H,12-14H2,1-7H3. The van der Waals surface area contributed by atoms with E-state index in [0.717, 1.165) is 5.69 Å². The van der Waals surface area contributed by atoms with Crippen LogP contribution in [0.25, 0.3) is 0 Å². The number of benzene rings is 1. The molecule has 1 saturated carbocycles. The molecule has 1 aromatic carbocycles. The predicted octanol–water partition coefficient (Wildman–Crippen LogP) is 3.19. The Balaban J connectivity index is 2.54. The SMILES string of the molecule is CC(C)COC(=O)C1C(=O)CC(C)(O)C(C(=O)OCC(C)C)C1c1ccc(N(C)C)cc1. The van der Waals surface area contributed by atoms with Crippen molar-refractivity contribution >= 4 is 23.4 Å². The second-order valence-electron chi connectivity index (χ2n) is 10.0. The molecule has 0 aromatic heterocycles. The van der Waals surface area contributed by atoms with Crippen molar-refractivity contribution in [1.29, 1.82) is 0 Å². The van der Waals surface area contributed by atoms with Crippen LogP contribution >= 0.6 is 0 Å². The smallest absolute Gasteiger partial charge is 0.317 e. The summed E-state index contributed by atoms with van der Waals surface area (Å²) in [4.78, 5) is 41.2. The molecule has 7 nitrogen and oxygen atoms in total. The van der Waals surface area contributed by atoms with E-state index in [9.17, 15) is 19.5 Å². The highest BCUT2D eigenvalue weighted by atomic mass is 16.5. The molecule has 0 amide bonds. The number of esters is 2. The van der Waals surface area contributed by atoms with Crippen molar-refractivity contribution in [3.8, 4) is 0 Å². The van der Waals surface area contributed by atoms with Crippen LogP contribution in [0.4, 0.5) is 5.69 Å². The van der Waals surface area contributed by atoms with Crippen molar-refractivity contribution in [2.24, 2.45) is 23.7 Å². The molecule has 32 heavy (non-hydrogen) atoms. The number of carbonyl (C=O) groups excluding carboxylic acids is 3. The highest BCUT2D eigenvalue weighted by molar-refractivity contribution is 6.02. The lowest BCUT2D eigenvalue weighted by atomic mass is 9.61. The van der Waals surface area contributed by atoms with E-state index in [1.807, 2.05) is 58.8 Å². The summed E-state index contributed by atoms with van der Waals surface area (Å²) in [6.45, 7) is 9.47. The monoisotopic (exact) mass is 447 g/mol. The Kier molecular flexibility index (Phi) is 8.46. The molecule has 0 bridgehead atoms. The number of ketones is 1. The lowest BCUT2D eigenvalue weighted by Crippen LogP contribution is -2.55. The van der Waals surface area contributed by atoms with Crippen LogP contribution in [0.3, 0.4) is 0 Å². The maximum Gasteiger partial charge on any atom is 0.317 e. The number of carbonyl (C=O) groups is 3. The third-order valence-corrected chi connectivity index (χ3v) is 5.69. The van der Waals surface area contributed by atoms with Crippen LogP contribution in [0.1, 0.15) is 52.5 Å². The van der Waals surface area contributed by atoms with Crippen LogP contribution in [0, 0.1) is 23.7 Å². The molecule has 0 heterocycles. The Labute approximate surface area is 191 Å². The van der Waals surface area contributed by atoms with Crippen LogP contribution < -0.4 is 4.90 Å². The van der Waals surface area contributed by atoms with Crippen LogP contribution in [0.2, 0.25) is 0 Å². The van der Waals surface area contributed by atoms with Crippen molar-refractivity contribution in [2.75, 3.05) is 32.2 Å². The molecule has 4 unspecified atom stereocenters. The number of anilines is 1. The minimum Gasteiger partial charge on any atom is -0.465 e. The second-order valence-corrected chi connectivity index (χ2v) is 10.0. The van der Waals surface area contributed by atoms with E-state index in [2.05, 4.69) is 0 Å². The van der Waals surface area contributed by atoms with Gasteiger partial charge >= 0.3 is 11.9 Å². The number of hydrogen-bond acceptors (Lipinski definition) is 7. The molecule has 0 aliphatic heterocycles. The van der Waals surface area contributed by atoms with E-state index in [1.165, 1.54) is 6.92 Å². The highest BCUT2D eigenvalue weighted by Crippen LogP contribution is 2.47. The normalized spacial score (nSPS) is 25.7. The first-order chi connectivity index (χ1) is 14.8. The average Bonchev–Trinajstić information content (AvgIpc) is 2.69. The molecule has 2 rings (SSSR count). The maximum atomic E-state index is 13.2.